The molecule has 3 aromatic rings. The van der Waals surface area contributed by atoms with Crippen molar-refractivity contribution in [1.82, 2.24) is 4.98 Å². The number of nitrogen functional groups attached to an aromatic ring is 1. The van der Waals surface area contributed by atoms with Gasteiger partial charge in [0.15, 0.2) is 0 Å². The normalized spacial score (nSPS) is 10.5. The molecule has 0 aliphatic rings. The van der Waals surface area contributed by atoms with E-state index in [1.165, 1.54) is 7.11 Å². The predicted octanol–water partition coefficient (Wildman–Crippen LogP) is 3.06. The molecule has 0 saturated carbocycles. The average Bonchev–Trinajstić information content (AvgIpc) is 2.54. The van der Waals surface area contributed by atoms with Crippen LogP contribution in [0.3, 0.4) is 0 Å². The van der Waals surface area contributed by atoms with Crippen LogP contribution in [0.1, 0.15) is 16.1 Å². The van der Waals surface area contributed by atoms with Gasteiger partial charge in [-0.05, 0) is 24.3 Å². The summed E-state index contributed by atoms with van der Waals surface area (Å²) in [5, 5.41) is 0.842. The van der Waals surface area contributed by atoms with Crippen LogP contribution in [0.15, 0.2) is 54.6 Å². The molecule has 1 aromatic heterocycles. The average molecular weight is 278 g/mol. The Morgan fingerprint density at radius 2 is 1.81 bits per heavy atom. The van der Waals surface area contributed by atoms with E-state index in [9.17, 15) is 4.79 Å². The van der Waals surface area contributed by atoms with Crippen molar-refractivity contribution >= 4 is 22.4 Å². The van der Waals surface area contributed by atoms with E-state index in [0.29, 0.717) is 28.2 Å². The van der Waals surface area contributed by atoms with E-state index < -0.39 is 0 Å². The van der Waals surface area contributed by atoms with Gasteiger partial charge >= 0.3 is 0 Å². The topological polar surface area (TPSA) is 65.2 Å². The van der Waals surface area contributed by atoms with Gasteiger partial charge in [0.25, 0.3) is 0 Å². The molecule has 0 spiro atoms. The Balaban J connectivity index is 2.14. The second-order valence-corrected chi connectivity index (χ2v) is 4.64. The van der Waals surface area contributed by atoms with Crippen molar-refractivity contribution in [3.05, 3.63) is 65.9 Å². The molecule has 0 aliphatic heterocycles. The third kappa shape index (κ3) is 2.31. The number of carbonyl (C=O) groups is 1. The molecule has 1 heterocycles. The van der Waals surface area contributed by atoms with Crippen molar-refractivity contribution in [1.29, 1.82) is 0 Å². The fourth-order valence-electron chi connectivity index (χ4n) is 2.29. The Bertz CT molecular complexity index is 828. The first kappa shape index (κ1) is 13.1. The van der Waals surface area contributed by atoms with E-state index in [2.05, 4.69) is 4.98 Å². The van der Waals surface area contributed by atoms with E-state index in [1.807, 2.05) is 30.3 Å². The summed E-state index contributed by atoms with van der Waals surface area (Å²) in [6, 6.07) is 16.2. The monoisotopic (exact) mass is 278 g/mol. The van der Waals surface area contributed by atoms with Crippen molar-refractivity contribution in [2.45, 2.75) is 0 Å². The van der Waals surface area contributed by atoms with Crippen molar-refractivity contribution in [2.75, 3.05) is 12.8 Å². The minimum Gasteiger partial charge on any atom is -0.496 e. The van der Waals surface area contributed by atoms with Gasteiger partial charge in [0, 0.05) is 11.1 Å². The summed E-state index contributed by atoms with van der Waals surface area (Å²) in [7, 11) is 1.54. The molecule has 0 fully saturated rings. The maximum atomic E-state index is 12.6. The second-order valence-electron chi connectivity index (χ2n) is 4.64. The molecule has 0 saturated heterocycles. The third-order valence-corrected chi connectivity index (χ3v) is 3.33. The molecule has 104 valence electrons. The van der Waals surface area contributed by atoms with Crippen molar-refractivity contribution in [3.8, 4) is 5.75 Å². The molecule has 0 aliphatic carbocycles. The van der Waals surface area contributed by atoms with Crippen LogP contribution in [0.25, 0.3) is 10.9 Å². The Morgan fingerprint density at radius 1 is 1.10 bits per heavy atom. The number of aromatic nitrogens is 1. The quantitative estimate of drug-likeness (QED) is 0.748. The van der Waals surface area contributed by atoms with Gasteiger partial charge in [-0.3, -0.25) is 4.79 Å². The SMILES string of the molecule is COc1ccccc1C(=O)c1cc(N)c2ccccc2n1. The van der Waals surface area contributed by atoms with Gasteiger partial charge in [0.2, 0.25) is 5.78 Å². The predicted molar refractivity (Wildman–Crippen MR) is 82.6 cm³/mol. The van der Waals surface area contributed by atoms with Crippen molar-refractivity contribution < 1.29 is 9.53 Å². The first-order valence-electron chi connectivity index (χ1n) is 6.53. The number of rotatable bonds is 3. The summed E-state index contributed by atoms with van der Waals surface area (Å²) < 4.78 is 5.23. The zero-order chi connectivity index (χ0) is 14.8. The lowest BCUT2D eigenvalue weighted by molar-refractivity contribution is 0.103. The number of ketones is 1. The number of ether oxygens (including phenoxy) is 1. The summed E-state index contributed by atoms with van der Waals surface area (Å²) in [4.78, 5) is 17.0. The van der Waals surface area contributed by atoms with Crippen LogP contribution in [-0.4, -0.2) is 17.9 Å². The van der Waals surface area contributed by atoms with Crippen LogP contribution in [0.4, 0.5) is 5.69 Å². The molecular weight excluding hydrogens is 264 g/mol. The first-order chi connectivity index (χ1) is 10.2. The number of para-hydroxylation sites is 2. The summed E-state index contributed by atoms with van der Waals surface area (Å²) in [6.45, 7) is 0. The van der Waals surface area contributed by atoms with E-state index in [-0.39, 0.29) is 5.78 Å². The number of nitrogens with zero attached hydrogens (tertiary/aromatic N) is 1. The first-order valence-corrected chi connectivity index (χ1v) is 6.53. The van der Waals surface area contributed by atoms with Gasteiger partial charge in [-0.2, -0.15) is 0 Å². The lowest BCUT2D eigenvalue weighted by atomic mass is 10.0. The molecule has 0 radical (unpaired) electrons. The fourth-order valence-corrected chi connectivity index (χ4v) is 2.29. The smallest absolute Gasteiger partial charge is 0.215 e. The number of pyridine rings is 1. The number of hydrogen-bond acceptors (Lipinski definition) is 4. The highest BCUT2D eigenvalue weighted by molar-refractivity contribution is 6.11. The minimum atomic E-state index is -0.204. The fraction of sp³-hybridized carbons (Fsp3) is 0.0588. The highest BCUT2D eigenvalue weighted by Gasteiger charge is 2.16. The van der Waals surface area contributed by atoms with E-state index in [4.69, 9.17) is 10.5 Å². The number of hydrogen-bond donors (Lipinski definition) is 1. The highest BCUT2D eigenvalue weighted by atomic mass is 16.5. The minimum absolute atomic E-state index is 0.204. The molecular formula is C17H14N2O2. The number of anilines is 1. The molecule has 4 nitrogen and oxygen atoms in total. The van der Waals surface area contributed by atoms with Gasteiger partial charge in [0.05, 0.1) is 18.2 Å². The van der Waals surface area contributed by atoms with Crippen molar-refractivity contribution in [2.24, 2.45) is 0 Å². The summed E-state index contributed by atoms with van der Waals surface area (Å²) in [5.41, 5.74) is 8.05. The second kappa shape index (κ2) is 5.25. The van der Waals surface area contributed by atoms with Gasteiger partial charge in [-0.25, -0.2) is 4.98 Å². The van der Waals surface area contributed by atoms with Crippen molar-refractivity contribution in [3.63, 3.8) is 0 Å². The molecule has 4 heteroatoms. The molecule has 2 N–H and O–H groups in total. The largest absolute Gasteiger partial charge is 0.496 e. The van der Waals surface area contributed by atoms with E-state index in [0.717, 1.165) is 5.39 Å². The van der Waals surface area contributed by atoms with Crippen LogP contribution in [-0.2, 0) is 0 Å². The Kier molecular flexibility index (Phi) is 3.28. The Hall–Kier alpha value is -2.88. The lowest BCUT2D eigenvalue weighted by Gasteiger charge is -2.08. The summed E-state index contributed by atoms with van der Waals surface area (Å²) in [6.07, 6.45) is 0. The van der Waals surface area contributed by atoms with Crippen LogP contribution in [0.2, 0.25) is 0 Å². The van der Waals surface area contributed by atoms with Crippen LogP contribution < -0.4 is 10.5 Å². The van der Waals surface area contributed by atoms with Crippen LogP contribution in [0, 0.1) is 0 Å². The zero-order valence-corrected chi connectivity index (χ0v) is 11.5. The summed E-state index contributed by atoms with van der Waals surface area (Å²) >= 11 is 0. The number of fused-ring (bicyclic) bond motifs is 1. The zero-order valence-electron chi connectivity index (χ0n) is 11.5. The Labute approximate surface area is 122 Å². The van der Waals surface area contributed by atoms with Gasteiger partial charge < -0.3 is 10.5 Å². The van der Waals surface area contributed by atoms with Crippen LogP contribution >= 0.6 is 0 Å². The van der Waals surface area contributed by atoms with E-state index >= 15 is 0 Å². The summed E-state index contributed by atoms with van der Waals surface area (Å²) in [5.74, 6) is 0.320. The Morgan fingerprint density at radius 3 is 2.62 bits per heavy atom. The number of carbonyl (C=O) groups excluding carboxylic acids is 1. The molecule has 0 unspecified atom stereocenters. The number of methoxy groups -OCH3 is 1. The third-order valence-electron chi connectivity index (χ3n) is 3.33. The molecule has 0 bridgehead atoms. The standard InChI is InChI=1S/C17H14N2O2/c1-21-16-9-5-3-7-12(16)17(20)15-10-13(18)11-6-2-4-8-14(11)19-15/h2-10H,1H3,(H2,18,19). The molecule has 21 heavy (non-hydrogen) atoms. The van der Waals surface area contributed by atoms with Crippen LogP contribution in [0.5, 0.6) is 5.75 Å². The number of benzene rings is 2. The van der Waals surface area contributed by atoms with Gasteiger partial charge in [0.1, 0.15) is 11.4 Å². The molecule has 0 atom stereocenters. The molecule has 0 amide bonds. The van der Waals surface area contributed by atoms with E-state index in [1.54, 1.807) is 24.3 Å². The highest BCUT2D eigenvalue weighted by Crippen LogP contribution is 2.24. The maximum absolute atomic E-state index is 12.6. The maximum Gasteiger partial charge on any atom is 0.215 e. The van der Waals surface area contributed by atoms with Gasteiger partial charge in [-0.15, -0.1) is 0 Å². The molecule has 2 aromatic carbocycles. The number of nitrogens with two attached hydrogens (primary N) is 1. The molecule has 3 rings (SSSR count). The lowest BCUT2D eigenvalue weighted by Crippen LogP contribution is -2.07. The van der Waals surface area contributed by atoms with Gasteiger partial charge in [-0.1, -0.05) is 30.3 Å².